The Labute approximate surface area is 261 Å². The zero-order chi connectivity index (χ0) is 33.4. The molecule has 1 atom stereocenters. The summed E-state index contributed by atoms with van der Waals surface area (Å²) in [7, 11) is -3.53. The summed E-state index contributed by atoms with van der Waals surface area (Å²) in [5.74, 6) is -3.83. The van der Waals surface area contributed by atoms with Gasteiger partial charge < -0.3 is 31.7 Å². The number of rotatable bonds is 16. The zero-order valence-corrected chi connectivity index (χ0v) is 26.0. The summed E-state index contributed by atoms with van der Waals surface area (Å²) in [4.78, 5) is 38.5. The van der Waals surface area contributed by atoms with E-state index in [0.29, 0.717) is 24.6 Å². The highest BCUT2D eigenvalue weighted by atomic mass is 32.3. The SMILES string of the molecule is C/N=C/C(=C\NCCCN)c1c(F)cc(OCCO/N=C(\C(=O)NC2C(=O)N(OS(=O)(=O)O)C2(C)C)c2csc(N)n2)cc1F. The summed E-state index contributed by atoms with van der Waals surface area (Å²) in [5.41, 5.74) is 9.21. The first kappa shape index (κ1) is 35.2. The van der Waals surface area contributed by atoms with Crippen LogP contribution in [0, 0.1) is 11.6 Å². The standard InChI is InChI=1S/C25H32F2N8O8S2/c1-25(2)21(23(37)35(25)43-45(38,39)40)33-22(36)20(18-13-44-24(29)32-18)34-42-8-7-41-15-9-16(26)19(17(27)10-15)14(11-30-3)12-31-6-4-5-28/h9-13,21,31H,4-8,28H2,1-3H3,(H2,29,32)(H,33,36)(H,38,39,40)/b14-12+,30-11+,34-20-. The fourth-order valence-corrected chi connectivity index (χ4v) is 4.94. The van der Waals surface area contributed by atoms with Crippen LogP contribution in [0.5, 0.6) is 5.75 Å². The van der Waals surface area contributed by atoms with Crippen LogP contribution in [0.1, 0.15) is 31.5 Å². The molecule has 16 nitrogen and oxygen atoms in total. The highest BCUT2D eigenvalue weighted by Gasteiger charge is 2.58. The van der Waals surface area contributed by atoms with Crippen LogP contribution < -0.4 is 26.8 Å². The van der Waals surface area contributed by atoms with Gasteiger partial charge in [0.2, 0.25) is 0 Å². The first-order chi connectivity index (χ1) is 21.2. The number of nitrogens with one attached hydrogen (secondary N) is 2. The molecule has 1 aromatic carbocycles. The maximum atomic E-state index is 14.9. The quantitative estimate of drug-likeness (QED) is 0.0542. The van der Waals surface area contributed by atoms with Crippen molar-refractivity contribution >= 4 is 56.2 Å². The molecule has 3 rings (SSSR count). The Bertz CT molecular complexity index is 1570. The van der Waals surface area contributed by atoms with Crippen molar-refractivity contribution in [3.05, 3.63) is 46.6 Å². The molecule has 2 aromatic rings. The lowest BCUT2D eigenvalue weighted by Gasteiger charge is -2.50. The first-order valence-electron chi connectivity index (χ1n) is 13.1. The van der Waals surface area contributed by atoms with Crippen molar-refractivity contribution in [1.29, 1.82) is 0 Å². The van der Waals surface area contributed by atoms with Gasteiger partial charge >= 0.3 is 10.4 Å². The smallest absolute Gasteiger partial charge is 0.418 e. The molecule has 0 bridgehead atoms. The van der Waals surface area contributed by atoms with Crippen molar-refractivity contribution in [2.75, 3.05) is 39.1 Å². The number of β-lactam (4-membered cyclic amide) rings is 1. The molecule has 1 fully saturated rings. The van der Waals surface area contributed by atoms with Crippen molar-refractivity contribution in [1.82, 2.24) is 20.7 Å². The minimum atomic E-state index is -4.99. The number of hydrogen-bond acceptors (Lipinski definition) is 14. The van der Waals surface area contributed by atoms with Gasteiger partial charge in [0, 0.05) is 49.1 Å². The lowest BCUT2D eigenvalue weighted by atomic mass is 9.84. The molecule has 1 aliphatic heterocycles. The van der Waals surface area contributed by atoms with Crippen molar-refractivity contribution < 1.29 is 45.2 Å². The second kappa shape index (κ2) is 15.2. The van der Waals surface area contributed by atoms with Gasteiger partial charge in [-0.3, -0.25) is 19.1 Å². The fourth-order valence-electron chi connectivity index (χ4n) is 3.94. The van der Waals surface area contributed by atoms with E-state index in [1.165, 1.54) is 38.7 Å². The van der Waals surface area contributed by atoms with E-state index in [4.69, 9.17) is 25.6 Å². The molecule has 2 amide bonds. The van der Waals surface area contributed by atoms with Crippen LogP contribution in [-0.4, -0.2) is 91.7 Å². The molecule has 1 aliphatic rings. The molecule has 1 aromatic heterocycles. The number of nitrogen functional groups attached to an aromatic ring is 1. The van der Waals surface area contributed by atoms with Crippen LogP contribution in [0.4, 0.5) is 13.9 Å². The Hall–Kier alpha value is -4.24. The molecule has 2 heterocycles. The summed E-state index contributed by atoms with van der Waals surface area (Å²) in [6, 6.07) is 0.703. The number of allylic oxidation sites excluding steroid dienone is 1. The largest absolute Gasteiger partial charge is 0.490 e. The number of aromatic nitrogens is 1. The van der Waals surface area contributed by atoms with E-state index >= 15 is 0 Å². The van der Waals surface area contributed by atoms with Crippen LogP contribution in [0.15, 0.2) is 33.9 Å². The summed E-state index contributed by atoms with van der Waals surface area (Å²) in [6.07, 6.45) is 3.40. The number of hydroxylamine groups is 2. The van der Waals surface area contributed by atoms with E-state index in [-0.39, 0.29) is 46.6 Å². The Kier molecular flexibility index (Phi) is 11.9. The van der Waals surface area contributed by atoms with Crippen molar-refractivity contribution in [3.63, 3.8) is 0 Å². The number of amides is 2. The van der Waals surface area contributed by atoms with E-state index in [1.54, 1.807) is 0 Å². The van der Waals surface area contributed by atoms with E-state index in [9.17, 15) is 26.8 Å². The maximum Gasteiger partial charge on any atom is 0.418 e. The summed E-state index contributed by atoms with van der Waals surface area (Å²) < 4.78 is 70.4. The van der Waals surface area contributed by atoms with E-state index < -0.39 is 45.4 Å². The molecule has 246 valence electrons. The van der Waals surface area contributed by atoms with Crippen LogP contribution in [0.3, 0.4) is 0 Å². The zero-order valence-electron chi connectivity index (χ0n) is 24.3. The van der Waals surface area contributed by atoms with Gasteiger partial charge in [0.15, 0.2) is 17.5 Å². The van der Waals surface area contributed by atoms with E-state index in [2.05, 4.69) is 30.0 Å². The Morgan fingerprint density at radius 1 is 1.29 bits per heavy atom. The van der Waals surface area contributed by atoms with Crippen molar-refractivity contribution in [2.45, 2.75) is 31.8 Å². The van der Waals surface area contributed by atoms with Gasteiger partial charge in [-0.25, -0.2) is 13.8 Å². The number of oxime groups is 1. The van der Waals surface area contributed by atoms with Gasteiger partial charge in [0.1, 0.15) is 35.7 Å². The van der Waals surface area contributed by atoms with Crippen LogP contribution >= 0.6 is 11.3 Å². The van der Waals surface area contributed by atoms with Gasteiger partial charge in [0.25, 0.3) is 11.8 Å². The number of nitrogens with two attached hydrogens (primary N) is 2. The Morgan fingerprint density at radius 3 is 2.53 bits per heavy atom. The number of hydrogen-bond donors (Lipinski definition) is 5. The predicted molar refractivity (Wildman–Crippen MR) is 160 cm³/mol. The third kappa shape index (κ3) is 9.14. The summed E-state index contributed by atoms with van der Waals surface area (Å²) in [5, 5.41) is 11.0. The highest BCUT2D eigenvalue weighted by molar-refractivity contribution is 7.80. The second-order valence-corrected chi connectivity index (χ2v) is 11.6. The minimum absolute atomic E-state index is 0.00302. The summed E-state index contributed by atoms with van der Waals surface area (Å²) >= 11 is 0.996. The van der Waals surface area contributed by atoms with E-state index in [1.807, 2.05) is 0 Å². The Morgan fingerprint density at radius 2 is 1.98 bits per heavy atom. The topological polar surface area (TPSA) is 233 Å². The van der Waals surface area contributed by atoms with Gasteiger partial charge in [-0.1, -0.05) is 5.16 Å². The molecule has 0 radical (unpaired) electrons. The van der Waals surface area contributed by atoms with E-state index in [0.717, 1.165) is 23.5 Å². The van der Waals surface area contributed by atoms with Gasteiger partial charge in [0.05, 0.1) is 11.1 Å². The molecule has 1 unspecified atom stereocenters. The van der Waals surface area contributed by atoms with Crippen molar-refractivity contribution in [3.8, 4) is 5.75 Å². The lowest BCUT2D eigenvalue weighted by Crippen LogP contribution is -2.76. The number of nitrogens with zero attached hydrogens (tertiary/aromatic N) is 4. The number of ether oxygens (including phenoxy) is 1. The molecular weight excluding hydrogens is 642 g/mol. The number of carbonyl (C=O) groups is 2. The maximum absolute atomic E-state index is 14.9. The molecule has 0 spiro atoms. The number of halogens is 2. The molecule has 1 saturated heterocycles. The normalized spacial score (nSPS) is 16.9. The van der Waals surface area contributed by atoms with Gasteiger partial charge in [-0.2, -0.15) is 13.5 Å². The van der Waals surface area contributed by atoms with Gasteiger partial charge in [-0.05, 0) is 26.8 Å². The lowest BCUT2D eigenvalue weighted by molar-refractivity contribution is -0.218. The van der Waals surface area contributed by atoms with Gasteiger partial charge in [-0.15, -0.1) is 15.6 Å². The third-order valence-corrected chi connectivity index (χ3v) is 7.07. The molecule has 20 heteroatoms. The van der Waals surface area contributed by atoms with Crippen molar-refractivity contribution in [2.24, 2.45) is 15.9 Å². The average Bonchev–Trinajstić information content (AvgIpc) is 3.39. The molecule has 0 saturated carbocycles. The Balaban J connectivity index is 1.66. The fraction of sp³-hybridized carbons (Fsp3) is 0.400. The summed E-state index contributed by atoms with van der Waals surface area (Å²) in [6.45, 7) is 3.18. The van der Waals surface area contributed by atoms with Crippen LogP contribution in [-0.2, 0) is 29.1 Å². The number of aliphatic imine (C=N–C) groups is 1. The highest BCUT2D eigenvalue weighted by Crippen LogP contribution is 2.33. The minimum Gasteiger partial charge on any atom is -0.490 e. The third-order valence-electron chi connectivity index (χ3n) is 6.06. The molecule has 45 heavy (non-hydrogen) atoms. The molecular formula is C25H32F2N8O8S2. The predicted octanol–water partition coefficient (Wildman–Crippen LogP) is 0.623. The number of benzene rings is 1. The molecule has 7 N–H and O–H groups in total. The monoisotopic (exact) mass is 674 g/mol. The van der Waals surface area contributed by atoms with Crippen LogP contribution in [0.2, 0.25) is 0 Å². The second-order valence-electron chi connectivity index (χ2n) is 9.73. The van der Waals surface area contributed by atoms with Crippen LogP contribution in [0.25, 0.3) is 5.57 Å². The molecule has 0 aliphatic carbocycles. The number of carbonyl (C=O) groups excluding carboxylic acids is 2. The number of thiazole rings is 1. The number of anilines is 1. The first-order valence-corrected chi connectivity index (χ1v) is 15.3. The average molecular weight is 675 g/mol.